The number of ether oxygens (including phenoxy) is 1. The number of ketones is 1. The normalized spacial score (nSPS) is 17.3. The third-order valence-corrected chi connectivity index (χ3v) is 5.76. The Bertz CT molecular complexity index is 1030. The summed E-state index contributed by atoms with van der Waals surface area (Å²) < 4.78 is 7.44. The van der Waals surface area contributed by atoms with Gasteiger partial charge in [0.05, 0.1) is 18.9 Å². The zero-order valence-corrected chi connectivity index (χ0v) is 18.0. The van der Waals surface area contributed by atoms with E-state index in [9.17, 15) is 4.79 Å². The van der Waals surface area contributed by atoms with Crippen molar-refractivity contribution in [2.75, 3.05) is 26.2 Å². The molecule has 1 aliphatic heterocycles. The van der Waals surface area contributed by atoms with Gasteiger partial charge in [-0.25, -0.2) is 0 Å². The standard InChI is InChI=1S/C24H30N4O2/c1-17(2)30-9-8-28-7-6-20(16-28)24(29)12-23-11-21-10-18(4-5-19(21)13-25-23)22-14-26-27(3)15-22/h4-5,10-11,13-15,17,20H,6-9,12,16H2,1-3H3. The number of pyridine rings is 1. The summed E-state index contributed by atoms with van der Waals surface area (Å²) in [7, 11) is 1.92. The Kier molecular flexibility index (Phi) is 6.25. The Balaban J connectivity index is 1.40. The summed E-state index contributed by atoms with van der Waals surface area (Å²) in [6.07, 6.45) is 7.32. The number of aromatic nitrogens is 3. The molecule has 0 aliphatic carbocycles. The predicted octanol–water partition coefficient (Wildman–Crippen LogP) is 3.49. The number of likely N-dealkylation sites (tertiary alicyclic amines) is 1. The fourth-order valence-corrected chi connectivity index (χ4v) is 4.07. The number of carbonyl (C=O) groups excluding carboxylic acids is 1. The number of hydrogen-bond acceptors (Lipinski definition) is 5. The molecular formula is C24H30N4O2. The molecule has 1 aromatic carbocycles. The van der Waals surface area contributed by atoms with Crippen molar-refractivity contribution in [1.29, 1.82) is 0 Å². The number of fused-ring (bicyclic) bond motifs is 1. The van der Waals surface area contributed by atoms with Gasteiger partial charge in [-0.2, -0.15) is 5.10 Å². The van der Waals surface area contributed by atoms with Gasteiger partial charge >= 0.3 is 0 Å². The highest BCUT2D eigenvalue weighted by molar-refractivity contribution is 5.88. The summed E-state index contributed by atoms with van der Waals surface area (Å²) in [6, 6.07) is 8.36. The van der Waals surface area contributed by atoms with Gasteiger partial charge in [0.25, 0.3) is 0 Å². The first-order chi connectivity index (χ1) is 14.5. The van der Waals surface area contributed by atoms with Crippen molar-refractivity contribution in [1.82, 2.24) is 19.7 Å². The summed E-state index contributed by atoms with van der Waals surface area (Å²) in [6.45, 7) is 7.52. The van der Waals surface area contributed by atoms with Crippen LogP contribution in [0.2, 0.25) is 0 Å². The predicted molar refractivity (Wildman–Crippen MR) is 118 cm³/mol. The molecule has 0 spiro atoms. The van der Waals surface area contributed by atoms with E-state index < -0.39 is 0 Å². The molecule has 0 bridgehead atoms. The minimum absolute atomic E-state index is 0.100. The topological polar surface area (TPSA) is 60.2 Å². The summed E-state index contributed by atoms with van der Waals surface area (Å²) in [4.78, 5) is 19.7. The highest BCUT2D eigenvalue weighted by atomic mass is 16.5. The number of carbonyl (C=O) groups is 1. The van der Waals surface area contributed by atoms with Gasteiger partial charge < -0.3 is 9.64 Å². The molecule has 4 rings (SSSR count). The van der Waals surface area contributed by atoms with E-state index in [1.165, 1.54) is 0 Å². The van der Waals surface area contributed by atoms with Crippen molar-refractivity contribution in [3.63, 3.8) is 0 Å². The minimum atomic E-state index is 0.100. The Hall–Kier alpha value is -2.57. The number of benzene rings is 1. The van der Waals surface area contributed by atoms with Crippen LogP contribution in [-0.4, -0.2) is 57.8 Å². The summed E-state index contributed by atoms with van der Waals surface area (Å²) in [5.74, 6) is 0.390. The van der Waals surface area contributed by atoms with Crippen LogP contribution >= 0.6 is 0 Å². The van der Waals surface area contributed by atoms with Crippen LogP contribution in [-0.2, 0) is 23.0 Å². The second-order valence-electron chi connectivity index (χ2n) is 8.49. The highest BCUT2D eigenvalue weighted by Gasteiger charge is 2.28. The van der Waals surface area contributed by atoms with Gasteiger partial charge in [0.1, 0.15) is 5.78 Å². The van der Waals surface area contributed by atoms with Gasteiger partial charge in [-0.05, 0) is 49.9 Å². The van der Waals surface area contributed by atoms with Crippen LogP contribution in [0.5, 0.6) is 0 Å². The van der Waals surface area contributed by atoms with E-state index >= 15 is 0 Å². The van der Waals surface area contributed by atoms with Gasteiger partial charge in [0, 0.05) is 61.5 Å². The van der Waals surface area contributed by atoms with Crippen molar-refractivity contribution < 1.29 is 9.53 Å². The minimum Gasteiger partial charge on any atom is -0.377 e. The van der Waals surface area contributed by atoms with Gasteiger partial charge in [-0.15, -0.1) is 0 Å². The van der Waals surface area contributed by atoms with Crippen LogP contribution in [0.15, 0.2) is 42.9 Å². The molecule has 1 unspecified atom stereocenters. The monoisotopic (exact) mass is 406 g/mol. The van der Waals surface area contributed by atoms with E-state index in [1.807, 2.05) is 39.5 Å². The molecule has 6 heteroatoms. The Morgan fingerprint density at radius 2 is 2.07 bits per heavy atom. The molecule has 30 heavy (non-hydrogen) atoms. The van der Waals surface area contributed by atoms with Crippen LogP contribution in [0.4, 0.5) is 0 Å². The number of nitrogens with zero attached hydrogens (tertiary/aromatic N) is 4. The largest absolute Gasteiger partial charge is 0.377 e. The SMILES string of the molecule is CC(C)OCCN1CCC(C(=O)Cc2cc3cc(-c4cnn(C)c4)ccc3cn2)C1. The van der Waals surface area contributed by atoms with Crippen LogP contribution in [0.3, 0.4) is 0 Å². The average molecular weight is 407 g/mol. The summed E-state index contributed by atoms with van der Waals surface area (Å²) >= 11 is 0. The lowest BCUT2D eigenvalue weighted by molar-refractivity contribution is -0.121. The molecular weight excluding hydrogens is 376 g/mol. The Morgan fingerprint density at radius 3 is 2.83 bits per heavy atom. The van der Waals surface area contributed by atoms with Gasteiger partial charge in [0.15, 0.2) is 0 Å². The maximum absolute atomic E-state index is 12.9. The first kappa shape index (κ1) is 20.7. The van der Waals surface area contributed by atoms with Crippen molar-refractivity contribution in [3.8, 4) is 11.1 Å². The highest BCUT2D eigenvalue weighted by Crippen LogP contribution is 2.25. The Morgan fingerprint density at radius 1 is 1.20 bits per heavy atom. The van der Waals surface area contributed by atoms with Crippen molar-refractivity contribution in [3.05, 3.63) is 48.5 Å². The van der Waals surface area contributed by atoms with Gasteiger partial charge in [-0.3, -0.25) is 14.5 Å². The van der Waals surface area contributed by atoms with E-state index in [2.05, 4.69) is 39.2 Å². The molecule has 2 aromatic heterocycles. The first-order valence-electron chi connectivity index (χ1n) is 10.7. The molecule has 1 fully saturated rings. The van der Waals surface area contributed by atoms with Crippen molar-refractivity contribution >= 4 is 16.6 Å². The molecule has 3 aromatic rings. The van der Waals surface area contributed by atoms with E-state index in [4.69, 9.17) is 4.74 Å². The van der Waals surface area contributed by atoms with Crippen molar-refractivity contribution in [2.24, 2.45) is 13.0 Å². The molecule has 1 saturated heterocycles. The van der Waals surface area contributed by atoms with E-state index in [0.717, 1.165) is 60.3 Å². The molecule has 0 N–H and O–H groups in total. The van der Waals surface area contributed by atoms with E-state index in [-0.39, 0.29) is 17.8 Å². The van der Waals surface area contributed by atoms with Crippen molar-refractivity contribution in [2.45, 2.75) is 32.8 Å². The Labute approximate surface area is 177 Å². The molecule has 1 atom stereocenters. The average Bonchev–Trinajstić information content (AvgIpc) is 3.36. The number of aryl methyl sites for hydroxylation is 1. The van der Waals surface area contributed by atoms with Gasteiger partial charge in [0.2, 0.25) is 0 Å². The molecule has 3 heterocycles. The lowest BCUT2D eigenvalue weighted by Gasteiger charge is -2.16. The zero-order chi connectivity index (χ0) is 21.1. The zero-order valence-electron chi connectivity index (χ0n) is 18.0. The third kappa shape index (κ3) is 4.94. The van der Waals surface area contributed by atoms with E-state index in [1.54, 1.807) is 4.68 Å². The smallest absolute Gasteiger partial charge is 0.143 e. The quantitative estimate of drug-likeness (QED) is 0.573. The number of rotatable bonds is 8. The van der Waals surface area contributed by atoms with Crippen LogP contribution in [0, 0.1) is 5.92 Å². The first-order valence-corrected chi connectivity index (χ1v) is 10.7. The number of hydrogen-bond donors (Lipinski definition) is 0. The second-order valence-corrected chi connectivity index (χ2v) is 8.49. The van der Waals surface area contributed by atoms with Crippen LogP contribution in [0.25, 0.3) is 21.9 Å². The lowest BCUT2D eigenvalue weighted by Crippen LogP contribution is -2.28. The molecule has 6 nitrogen and oxygen atoms in total. The fourth-order valence-electron chi connectivity index (χ4n) is 4.07. The van der Waals surface area contributed by atoms with Crippen LogP contribution in [0.1, 0.15) is 26.0 Å². The van der Waals surface area contributed by atoms with E-state index in [0.29, 0.717) is 6.42 Å². The second kappa shape index (κ2) is 9.06. The maximum atomic E-state index is 12.9. The number of Topliss-reactive ketones (excluding diaryl/α,β-unsaturated/α-hetero) is 1. The van der Waals surface area contributed by atoms with Crippen LogP contribution < -0.4 is 0 Å². The third-order valence-electron chi connectivity index (χ3n) is 5.76. The molecule has 0 saturated carbocycles. The maximum Gasteiger partial charge on any atom is 0.143 e. The lowest BCUT2D eigenvalue weighted by atomic mass is 9.98. The molecule has 0 radical (unpaired) electrons. The fraction of sp³-hybridized carbons (Fsp3) is 0.458. The molecule has 0 amide bonds. The summed E-state index contributed by atoms with van der Waals surface area (Å²) in [5.41, 5.74) is 3.05. The molecule has 1 aliphatic rings. The molecule has 158 valence electrons. The summed E-state index contributed by atoms with van der Waals surface area (Å²) in [5, 5.41) is 6.44. The van der Waals surface area contributed by atoms with Gasteiger partial charge in [-0.1, -0.05) is 12.1 Å².